The van der Waals surface area contributed by atoms with Crippen LogP contribution in [-0.2, 0) is 19.6 Å². The minimum absolute atomic E-state index is 0.00131. The summed E-state index contributed by atoms with van der Waals surface area (Å²) in [6.07, 6.45) is 0.335. The summed E-state index contributed by atoms with van der Waals surface area (Å²) in [6, 6.07) is 10.6. The molecule has 0 spiro atoms. The Kier molecular flexibility index (Phi) is 3.96. The molecule has 1 aliphatic rings. The van der Waals surface area contributed by atoms with Crippen LogP contribution >= 0.6 is 0 Å². The van der Waals surface area contributed by atoms with Gasteiger partial charge in [-0.15, -0.1) is 0 Å². The second kappa shape index (κ2) is 6.20. The van der Waals surface area contributed by atoms with Gasteiger partial charge in [0.1, 0.15) is 5.52 Å². The first-order valence-corrected chi connectivity index (χ1v) is 9.68. The maximum Gasteiger partial charge on any atom is 0.262 e. The lowest BCUT2D eigenvalue weighted by molar-refractivity contribution is -0.121. The number of nitrogens with one attached hydrogen (secondary N) is 1. The Morgan fingerprint density at radius 2 is 1.70 bits per heavy atom. The maximum atomic E-state index is 12.7. The number of hydrogen-bond donors (Lipinski definition) is 1. The fraction of sp³-hybridized carbons (Fsp3) is 0.167. The van der Waals surface area contributed by atoms with Gasteiger partial charge in [0, 0.05) is 19.8 Å². The minimum Gasteiger partial charge on any atom is -0.439 e. The van der Waals surface area contributed by atoms with Gasteiger partial charge in [0.25, 0.3) is 10.0 Å². The Labute approximate surface area is 154 Å². The van der Waals surface area contributed by atoms with E-state index in [1.54, 1.807) is 25.1 Å². The van der Waals surface area contributed by atoms with Crippen molar-refractivity contribution in [1.29, 1.82) is 0 Å². The first-order chi connectivity index (χ1) is 12.8. The molecule has 2 heterocycles. The van der Waals surface area contributed by atoms with E-state index in [9.17, 15) is 18.0 Å². The van der Waals surface area contributed by atoms with Crippen LogP contribution in [0.1, 0.15) is 18.7 Å². The molecule has 0 radical (unpaired) electrons. The third kappa shape index (κ3) is 3.06. The van der Waals surface area contributed by atoms with Crippen molar-refractivity contribution < 1.29 is 22.4 Å². The molecule has 0 aliphatic carbocycles. The number of hydrogen-bond acceptors (Lipinski definition) is 6. The number of amides is 2. The number of fused-ring (bicyclic) bond motifs is 1. The number of sulfonamides is 1. The number of rotatable bonds is 4. The predicted octanol–water partition coefficient (Wildman–Crippen LogP) is 2.59. The van der Waals surface area contributed by atoms with E-state index < -0.39 is 10.0 Å². The fourth-order valence-corrected chi connectivity index (χ4v) is 4.05. The van der Waals surface area contributed by atoms with Gasteiger partial charge < -0.3 is 4.42 Å². The molecule has 0 saturated carbocycles. The summed E-state index contributed by atoms with van der Waals surface area (Å²) in [5.74, 6) is -0.150. The normalized spacial score (nSPS) is 14.9. The highest BCUT2D eigenvalue weighted by Gasteiger charge is 2.30. The molecule has 138 valence electrons. The van der Waals surface area contributed by atoms with E-state index in [1.165, 1.54) is 24.3 Å². The summed E-state index contributed by atoms with van der Waals surface area (Å²) in [5, 5.41) is 0. The molecule has 3 aromatic rings. The molecule has 4 rings (SSSR count). The molecule has 0 unspecified atom stereocenters. The van der Waals surface area contributed by atoms with E-state index in [4.69, 9.17) is 4.42 Å². The lowest BCUT2D eigenvalue weighted by Gasteiger charge is -2.14. The van der Waals surface area contributed by atoms with E-state index in [-0.39, 0.29) is 35.2 Å². The minimum atomic E-state index is -3.89. The Morgan fingerprint density at radius 1 is 1.04 bits per heavy atom. The number of benzene rings is 2. The van der Waals surface area contributed by atoms with Crippen LogP contribution in [0, 0.1) is 6.92 Å². The Morgan fingerprint density at radius 3 is 2.37 bits per heavy atom. The van der Waals surface area contributed by atoms with Crippen LogP contribution in [-0.4, -0.2) is 25.2 Å². The Bertz CT molecular complexity index is 1150. The van der Waals surface area contributed by atoms with Gasteiger partial charge in [-0.25, -0.2) is 13.4 Å². The number of carbonyl (C=O) groups is 2. The molecule has 8 nitrogen and oxygen atoms in total. The average molecular weight is 385 g/mol. The number of para-hydroxylation sites is 1. The van der Waals surface area contributed by atoms with E-state index in [0.29, 0.717) is 22.7 Å². The molecular weight excluding hydrogens is 370 g/mol. The van der Waals surface area contributed by atoms with Crippen molar-refractivity contribution >= 4 is 44.3 Å². The SMILES string of the molecule is Cc1nc2cccc(NS(=O)(=O)c3ccc(N4C(=O)CCC4=O)cc3)c2o1. The van der Waals surface area contributed by atoms with Crippen LogP contribution in [0.5, 0.6) is 0 Å². The van der Waals surface area contributed by atoms with Crippen molar-refractivity contribution in [3.05, 3.63) is 48.4 Å². The summed E-state index contributed by atoms with van der Waals surface area (Å²) < 4.78 is 33.3. The van der Waals surface area contributed by atoms with Crippen molar-refractivity contribution in [3.8, 4) is 0 Å². The number of carbonyl (C=O) groups excluding carboxylic acids is 2. The van der Waals surface area contributed by atoms with E-state index in [1.807, 2.05) is 0 Å². The van der Waals surface area contributed by atoms with E-state index in [2.05, 4.69) is 9.71 Å². The van der Waals surface area contributed by atoms with E-state index in [0.717, 1.165) is 4.90 Å². The number of oxazole rings is 1. The summed E-state index contributed by atoms with van der Waals surface area (Å²) in [7, 11) is -3.89. The average Bonchev–Trinajstić information content (AvgIpc) is 3.17. The molecule has 2 aromatic carbocycles. The molecule has 1 aromatic heterocycles. The molecule has 0 atom stereocenters. The highest BCUT2D eigenvalue weighted by molar-refractivity contribution is 7.92. The predicted molar refractivity (Wildman–Crippen MR) is 97.7 cm³/mol. The van der Waals surface area contributed by atoms with Crippen LogP contribution in [0.2, 0.25) is 0 Å². The highest BCUT2D eigenvalue weighted by Crippen LogP contribution is 2.28. The van der Waals surface area contributed by atoms with Crippen LogP contribution in [0.15, 0.2) is 51.8 Å². The summed E-state index contributed by atoms with van der Waals surface area (Å²) in [5.41, 5.74) is 1.54. The standard InChI is InChI=1S/C18H15N3O5S/c1-11-19-14-3-2-4-15(18(14)26-11)20-27(24,25)13-7-5-12(6-8-13)21-16(22)9-10-17(21)23/h2-8,20H,9-10H2,1H3. The van der Waals surface area contributed by atoms with Crippen molar-refractivity contribution in [2.24, 2.45) is 0 Å². The van der Waals surface area contributed by atoms with Crippen molar-refractivity contribution in [1.82, 2.24) is 4.98 Å². The molecule has 1 fully saturated rings. The second-order valence-corrected chi connectivity index (χ2v) is 7.79. The van der Waals surface area contributed by atoms with Crippen LogP contribution in [0.3, 0.4) is 0 Å². The van der Waals surface area contributed by atoms with Crippen molar-refractivity contribution in [2.45, 2.75) is 24.7 Å². The largest absolute Gasteiger partial charge is 0.439 e. The van der Waals surface area contributed by atoms with Gasteiger partial charge in [0.05, 0.1) is 16.3 Å². The number of anilines is 2. The first-order valence-electron chi connectivity index (χ1n) is 8.20. The Balaban J connectivity index is 1.64. The third-order valence-corrected chi connectivity index (χ3v) is 5.60. The number of imide groups is 1. The van der Waals surface area contributed by atoms with Gasteiger partial charge in [-0.2, -0.15) is 0 Å². The van der Waals surface area contributed by atoms with Crippen molar-refractivity contribution in [3.63, 3.8) is 0 Å². The van der Waals surface area contributed by atoms with Gasteiger partial charge in [-0.05, 0) is 36.4 Å². The zero-order valence-corrected chi connectivity index (χ0v) is 15.1. The highest BCUT2D eigenvalue weighted by atomic mass is 32.2. The molecule has 9 heteroatoms. The van der Waals surface area contributed by atoms with Gasteiger partial charge in [-0.3, -0.25) is 19.2 Å². The van der Waals surface area contributed by atoms with Gasteiger partial charge in [0.15, 0.2) is 11.5 Å². The molecule has 0 bridgehead atoms. The van der Waals surface area contributed by atoms with E-state index >= 15 is 0 Å². The quantitative estimate of drug-likeness (QED) is 0.691. The molecule has 1 N–H and O–H groups in total. The molecule has 1 saturated heterocycles. The Hall–Kier alpha value is -3.20. The number of aryl methyl sites for hydroxylation is 1. The zero-order chi connectivity index (χ0) is 19.2. The summed E-state index contributed by atoms with van der Waals surface area (Å²) >= 11 is 0. The summed E-state index contributed by atoms with van der Waals surface area (Å²) in [4.78, 5) is 28.8. The van der Waals surface area contributed by atoms with Crippen LogP contribution < -0.4 is 9.62 Å². The fourth-order valence-electron chi connectivity index (χ4n) is 2.98. The smallest absolute Gasteiger partial charge is 0.262 e. The molecule has 1 aliphatic heterocycles. The van der Waals surface area contributed by atoms with Gasteiger partial charge >= 0.3 is 0 Å². The third-order valence-electron chi connectivity index (χ3n) is 4.22. The number of nitrogens with zero attached hydrogens (tertiary/aromatic N) is 2. The van der Waals surface area contributed by atoms with Crippen LogP contribution in [0.25, 0.3) is 11.1 Å². The van der Waals surface area contributed by atoms with Gasteiger partial charge in [-0.1, -0.05) is 6.07 Å². The lowest BCUT2D eigenvalue weighted by atomic mass is 10.3. The monoisotopic (exact) mass is 385 g/mol. The van der Waals surface area contributed by atoms with Crippen LogP contribution in [0.4, 0.5) is 11.4 Å². The van der Waals surface area contributed by atoms with Gasteiger partial charge in [0.2, 0.25) is 11.8 Å². The lowest BCUT2D eigenvalue weighted by Crippen LogP contribution is -2.28. The summed E-state index contributed by atoms with van der Waals surface area (Å²) in [6.45, 7) is 1.68. The molecular formula is C18H15N3O5S. The second-order valence-electron chi connectivity index (χ2n) is 6.11. The number of aromatic nitrogens is 1. The maximum absolute atomic E-state index is 12.7. The molecule has 2 amide bonds. The first kappa shape index (κ1) is 17.2. The zero-order valence-electron chi connectivity index (χ0n) is 14.3. The molecule has 27 heavy (non-hydrogen) atoms. The van der Waals surface area contributed by atoms with Crippen molar-refractivity contribution in [2.75, 3.05) is 9.62 Å². The topological polar surface area (TPSA) is 110 Å².